The zero-order chi connectivity index (χ0) is 9.14. The number of carboxylic acids is 1. The van der Waals surface area contributed by atoms with Crippen LogP contribution in [0.2, 0.25) is 0 Å². The molecule has 7 heteroatoms. The molecule has 0 atom stereocenters. The molecule has 5 nitrogen and oxygen atoms in total. The molecule has 0 bridgehead atoms. The summed E-state index contributed by atoms with van der Waals surface area (Å²) < 4.78 is 4.39. The zero-order valence-corrected chi connectivity index (χ0v) is 6.61. The zero-order valence-electron chi connectivity index (χ0n) is 5.80. The van der Waals surface area contributed by atoms with E-state index in [9.17, 15) is 4.79 Å². The fourth-order valence-corrected chi connectivity index (χ4v) is 1.32. The summed E-state index contributed by atoms with van der Waals surface area (Å²) in [6, 6.07) is 1.35. The van der Waals surface area contributed by atoms with E-state index in [0.717, 1.165) is 11.3 Å². The molecule has 1 aromatic rings. The normalized spacial score (nSPS) is 9.50. The first kappa shape index (κ1) is 9.05. The Balaban J connectivity index is 2.84. The Bertz CT molecular complexity index is 283. The van der Waals surface area contributed by atoms with Gasteiger partial charge in [0, 0.05) is 0 Å². The lowest BCUT2D eigenvalue weighted by atomic mass is 10.2. The first-order chi connectivity index (χ1) is 5.61. The topological polar surface area (TPSA) is 87.0 Å². The van der Waals surface area contributed by atoms with Gasteiger partial charge in [0.2, 0.25) is 0 Å². The lowest BCUT2D eigenvalue weighted by molar-refractivity contribution is 0.0700. The van der Waals surface area contributed by atoms with E-state index in [1.807, 2.05) is 0 Å². The van der Waals surface area contributed by atoms with Gasteiger partial charge in [0.25, 0.3) is 0 Å². The Kier molecular flexibility index (Phi) is 2.69. The molecule has 0 spiro atoms. The third kappa shape index (κ3) is 1.97. The SMILES string of the molecule is O=C(O)c1sccc1OB(O)O. The lowest BCUT2D eigenvalue weighted by Crippen LogP contribution is -2.21. The maximum atomic E-state index is 10.4. The molecule has 0 amide bonds. The Hall–Kier alpha value is -1.05. The second-order valence-corrected chi connectivity index (χ2v) is 2.78. The maximum absolute atomic E-state index is 10.4. The Morgan fingerprint density at radius 1 is 1.58 bits per heavy atom. The molecular formula is C5H5BO5S. The van der Waals surface area contributed by atoms with Crippen LogP contribution in [0.5, 0.6) is 5.75 Å². The highest BCUT2D eigenvalue weighted by Gasteiger charge is 2.18. The van der Waals surface area contributed by atoms with Gasteiger partial charge in [0.1, 0.15) is 5.75 Å². The highest BCUT2D eigenvalue weighted by atomic mass is 32.1. The molecule has 0 saturated heterocycles. The molecular weight excluding hydrogens is 183 g/mol. The molecule has 12 heavy (non-hydrogen) atoms. The van der Waals surface area contributed by atoms with Gasteiger partial charge in [-0.2, -0.15) is 0 Å². The van der Waals surface area contributed by atoms with E-state index >= 15 is 0 Å². The van der Waals surface area contributed by atoms with E-state index < -0.39 is 13.3 Å². The Morgan fingerprint density at radius 2 is 2.25 bits per heavy atom. The van der Waals surface area contributed by atoms with E-state index in [1.54, 1.807) is 0 Å². The molecule has 0 unspecified atom stereocenters. The van der Waals surface area contributed by atoms with Crippen LogP contribution < -0.4 is 4.65 Å². The lowest BCUT2D eigenvalue weighted by Gasteiger charge is -2.01. The van der Waals surface area contributed by atoms with Crippen LogP contribution in [0.3, 0.4) is 0 Å². The fourth-order valence-electron chi connectivity index (χ4n) is 0.660. The molecule has 64 valence electrons. The summed E-state index contributed by atoms with van der Waals surface area (Å²) in [6.45, 7) is 0. The van der Waals surface area contributed by atoms with Gasteiger partial charge in [-0.1, -0.05) is 0 Å². The summed E-state index contributed by atoms with van der Waals surface area (Å²) in [7, 11) is -1.99. The number of hydrogen-bond acceptors (Lipinski definition) is 5. The highest BCUT2D eigenvalue weighted by Crippen LogP contribution is 2.24. The molecule has 0 aromatic carbocycles. The van der Waals surface area contributed by atoms with E-state index in [-0.39, 0.29) is 10.6 Å². The van der Waals surface area contributed by atoms with E-state index in [0.29, 0.717) is 0 Å². The van der Waals surface area contributed by atoms with Crippen LogP contribution in [-0.4, -0.2) is 28.4 Å². The standard InChI is InChI=1S/C5H5BO5S/c7-5(8)4-3(1-2-12-4)11-6(9)10/h1-2,9-10H,(H,7,8). The molecule has 3 N–H and O–H groups in total. The van der Waals surface area contributed by atoms with Gasteiger partial charge < -0.3 is 19.8 Å². The molecule has 0 saturated carbocycles. The van der Waals surface area contributed by atoms with Crippen LogP contribution in [0.4, 0.5) is 0 Å². The van der Waals surface area contributed by atoms with Crippen LogP contribution >= 0.6 is 11.3 Å². The summed E-state index contributed by atoms with van der Waals surface area (Å²) in [4.78, 5) is 10.4. The second-order valence-electron chi connectivity index (χ2n) is 1.86. The summed E-state index contributed by atoms with van der Waals surface area (Å²) in [5.41, 5.74) is 0. The monoisotopic (exact) mass is 188 g/mol. The molecule has 0 fully saturated rings. The van der Waals surface area contributed by atoms with Gasteiger partial charge in [-0.3, -0.25) is 0 Å². The van der Waals surface area contributed by atoms with Crippen molar-refractivity contribution in [1.29, 1.82) is 0 Å². The minimum atomic E-state index is -1.99. The fraction of sp³-hybridized carbons (Fsp3) is 0. The average Bonchev–Trinajstić information content (AvgIpc) is 2.33. The summed E-state index contributed by atoms with van der Waals surface area (Å²) in [5.74, 6) is -1.19. The first-order valence-corrected chi connectivity index (χ1v) is 3.83. The minimum Gasteiger partial charge on any atom is -0.510 e. The summed E-state index contributed by atoms with van der Waals surface area (Å²) in [6.07, 6.45) is 0. The molecule has 0 aliphatic rings. The van der Waals surface area contributed by atoms with Crippen molar-refractivity contribution in [3.63, 3.8) is 0 Å². The third-order valence-corrected chi connectivity index (χ3v) is 1.94. The largest absolute Gasteiger partial charge is 0.707 e. The van der Waals surface area contributed by atoms with E-state index in [4.69, 9.17) is 15.2 Å². The number of hydrogen-bond donors (Lipinski definition) is 3. The number of thiophene rings is 1. The summed E-state index contributed by atoms with van der Waals surface area (Å²) in [5, 5.41) is 26.8. The molecule has 1 rings (SSSR count). The van der Waals surface area contributed by atoms with Gasteiger partial charge in [-0.05, 0) is 11.4 Å². The Morgan fingerprint density at radius 3 is 2.75 bits per heavy atom. The maximum Gasteiger partial charge on any atom is 0.707 e. The average molecular weight is 188 g/mol. The van der Waals surface area contributed by atoms with Crippen LogP contribution in [0.15, 0.2) is 11.4 Å². The highest BCUT2D eigenvalue weighted by molar-refractivity contribution is 7.12. The van der Waals surface area contributed by atoms with Gasteiger partial charge in [0.15, 0.2) is 4.88 Å². The van der Waals surface area contributed by atoms with Crippen molar-refractivity contribution in [3.8, 4) is 5.75 Å². The quantitative estimate of drug-likeness (QED) is 0.571. The number of rotatable bonds is 3. The van der Waals surface area contributed by atoms with Gasteiger partial charge in [-0.25, -0.2) is 4.79 Å². The van der Waals surface area contributed by atoms with Crippen molar-refractivity contribution in [2.45, 2.75) is 0 Å². The van der Waals surface area contributed by atoms with Gasteiger partial charge >= 0.3 is 13.3 Å². The van der Waals surface area contributed by atoms with Gasteiger partial charge in [0.05, 0.1) is 0 Å². The van der Waals surface area contributed by atoms with Gasteiger partial charge in [-0.15, -0.1) is 11.3 Å². The Labute approximate surface area is 72.0 Å². The van der Waals surface area contributed by atoms with E-state index in [2.05, 4.69) is 4.65 Å². The molecule has 0 aliphatic heterocycles. The number of carboxylic acid groups (broad SMARTS) is 1. The van der Waals surface area contributed by atoms with Crippen molar-refractivity contribution >= 4 is 24.6 Å². The first-order valence-electron chi connectivity index (χ1n) is 2.95. The van der Waals surface area contributed by atoms with Crippen molar-refractivity contribution in [2.75, 3.05) is 0 Å². The number of carbonyl (C=O) groups is 1. The van der Waals surface area contributed by atoms with Crippen LogP contribution in [0.25, 0.3) is 0 Å². The van der Waals surface area contributed by atoms with Crippen molar-refractivity contribution < 1.29 is 24.6 Å². The van der Waals surface area contributed by atoms with E-state index in [1.165, 1.54) is 11.4 Å². The minimum absolute atomic E-state index is 0.0394. The predicted molar refractivity (Wildman–Crippen MR) is 42.1 cm³/mol. The predicted octanol–water partition coefficient (Wildman–Crippen LogP) is -0.205. The number of aromatic carboxylic acids is 1. The second kappa shape index (κ2) is 3.57. The summed E-state index contributed by atoms with van der Waals surface area (Å²) >= 11 is 0.953. The molecule has 0 aliphatic carbocycles. The van der Waals surface area contributed by atoms with Crippen molar-refractivity contribution in [3.05, 3.63) is 16.3 Å². The molecule has 1 heterocycles. The molecule has 0 radical (unpaired) electrons. The van der Waals surface area contributed by atoms with Crippen LogP contribution in [0.1, 0.15) is 9.67 Å². The van der Waals surface area contributed by atoms with Crippen molar-refractivity contribution in [2.24, 2.45) is 0 Å². The third-order valence-electron chi connectivity index (χ3n) is 1.06. The van der Waals surface area contributed by atoms with Crippen molar-refractivity contribution in [1.82, 2.24) is 0 Å². The molecule has 1 aromatic heterocycles. The van der Waals surface area contributed by atoms with Crippen LogP contribution in [-0.2, 0) is 0 Å². The smallest absolute Gasteiger partial charge is 0.510 e. The van der Waals surface area contributed by atoms with Crippen LogP contribution in [0, 0.1) is 0 Å².